The number of ketones is 2. The lowest BCUT2D eigenvalue weighted by Crippen LogP contribution is -2.29. The molecule has 4 N–H and O–H groups in total. The second-order valence-electron chi connectivity index (χ2n) is 24.8. The highest BCUT2D eigenvalue weighted by atomic mass is 35.5. The number of nitrogens with zero attached hydrogens (tertiary/aromatic N) is 14. The third-order valence-corrected chi connectivity index (χ3v) is 20.3. The molecule has 0 saturated heterocycles. The van der Waals surface area contributed by atoms with Crippen molar-refractivity contribution in [2.75, 3.05) is 58.2 Å². The van der Waals surface area contributed by atoms with Gasteiger partial charge in [-0.15, -0.1) is 65.9 Å². The monoisotopic (exact) mass is 2030 g/mol. The second-order valence-corrected chi connectivity index (χ2v) is 30.9. The number of thiol groups is 1. The molecule has 5 aromatic heterocycles. The number of ether oxygens (including phenoxy) is 8. The highest BCUT2D eigenvalue weighted by Gasteiger charge is 2.33. The summed E-state index contributed by atoms with van der Waals surface area (Å²) in [7, 11) is -3.96. The Morgan fingerprint density at radius 1 is 0.471 bits per heavy atom. The lowest BCUT2D eigenvalue weighted by molar-refractivity contribution is -0.150. The number of benzene rings is 5. The maximum Gasteiger partial charge on any atom is 0.442 e. The number of aromatic carboxylic acids is 1. The molecule has 41 nitrogen and oxygen atoms in total. The summed E-state index contributed by atoms with van der Waals surface area (Å²) in [6, 6.07) is 52.6. The van der Waals surface area contributed by atoms with Gasteiger partial charge in [-0.2, -0.15) is 32.7 Å². The van der Waals surface area contributed by atoms with E-state index >= 15 is 0 Å². The number of aromatic amines is 1. The Labute approximate surface area is 813 Å². The van der Waals surface area contributed by atoms with E-state index in [2.05, 4.69) is 119 Å². The number of esters is 8. The van der Waals surface area contributed by atoms with Gasteiger partial charge in [-0.1, -0.05) is 156 Å². The van der Waals surface area contributed by atoms with Crippen LogP contribution in [-0.4, -0.2) is 204 Å². The van der Waals surface area contributed by atoms with Gasteiger partial charge in [0.1, 0.15) is 19.3 Å². The smallest absolute Gasteiger partial charge is 0.442 e. The van der Waals surface area contributed by atoms with E-state index in [1.54, 1.807) is 84.6 Å². The van der Waals surface area contributed by atoms with Gasteiger partial charge >= 0.3 is 59.4 Å². The molecular formula is C87H93Cl3N16O25S5. The Bertz CT molecular complexity index is 5790. The van der Waals surface area contributed by atoms with E-state index in [0.29, 0.717) is 34.4 Å². The van der Waals surface area contributed by atoms with Crippen LogP contribution in [-0.2, 0) is 104 Å². The summed E-state index contributed by atoms with van der Waals surface area (Å²) in [5.74, 6) is -5.53. The molecule has 5 heterocycles. The van der Waals surface area contributed by atoms with Crippen molar-refractivity contribution in [3.8, 4) is 5.75 Å². The van der Waals surface area contributed by atoms with E-state index in [9.17, 15) is 70.7 Å². The number of carboxylic acids is 1. The van der Waals surface area contributed by atoms with Crippen LogP contribution in [0.2, 0.25) is 15.3 Å². The minimum Gasteiger partial charge on any atom is -0.505 e. The van der Waals surface area contributed by atoms with Crippen molar-refractivity contribution in [1.29, 1.82) is 0 Å². The van der Waals surface area contributed by atoms with Crippen LogP contribution < -0.4 is 10.9 Å². The van der Waals surface area contributed by atoms with Crippen LogP contribution in [0.4, 0.5) is 5.69 Å². The van der Waals surface area contributed by atoms with Crippen molar-refractivity contribution in [3.63, 3.8) is 0 Å². The van der Waals surface area contributed by atoms with E-state index in [-0.39, 0.29) is 107 Å². The van der Waals surface area contributed by atoms with Crippen LogP contribution in [0.25, 0.3) is 16.0 Å². The lowest BCUT2D eigenvalue weighted by Gasteiger charge is -2.07. The van der Waals surface area contributed by atoms with Gasteiger partial charge < -0.3 is 59.0 Å². The number of amides is 1. The summed E-state index contributed by atoms with van der Waals surface area (Å²) in [6.07, 6.45) is 1.68. The van der Waals surface area contributed by atoms with Gasteiger partial charge in [0.05, 0.1) is 75.2 Å². The van der Waals surface area contributed by atoms with Gasteiger partial charge in [-0.25, -0.2) is 42.3 Å². The number of azide groups is 1. The number of aromatic nitrogens is 10. The number of rotatable bonds is 34. The standard InChI is InChI=1S/C14H13ClN2O2S.C14H14N2O2S.C12H10N2O2S.C9H12N2O5.C9H14O5.C8H8N4O3S.C7H6Cl2N2O2.C7H8N2O4.C7H8S/c1-2-19-14(18)13-11(8-12(15)16-17-13)20-9-10-6-4-3-5-7-10;1-2-18-14(17)13-12(8-9-15-16-13)19-10-11-6-4-3-5-7-11;15-12(16)11-10(6-7-13-14-11)17-8-9-4-2-1-3-5-9;1-3-15-7(13)5-6(12)8(11-10)9(14)16-4-2;1-3-13-8(11)5-7(10)6-9(12)14-4-2;1-6(13)10-7-2-4-8(5-3-7)16(14,15)12-11-9;1-2-13-7(12)6-4(8)3-5(9)10-11-6;1-2-13-7(12)6-4(10)3-5(11)8-9-6;8-6-7-4-2-1-3-5-7/h3-8H,2,9H2,1H3;3-9H,2,10H2,1H3;1-7H,8H2,(H,15,16);3-5H2,1-2H3;3-6H2,1-2H3;2-5H,1H3,(H,10,13);3H,2H2,1H3;3H,2H2,1H3,(H2,8,10,11);1-5,8H,6H2. The maximum atomic E-state index is 11.8. The molecule has 0 fully saturated rings. The lowest BCUT2D eigenvalue weighted by atomic mass is 10.2. The second kappa shape index (κ2) is 69.0. The number of carbonyl (C=O) groups excluding carboxylic acids is 11. The van der Waals surface area contributed by atoms with Crippen LogP contribution in [0.15, 0.2) is 217 Å². The zero-order valence-corrected chi connectivity index (χ0v) is 80.7. The van der Waals surface area contributed by atoms with Crippen LogP contribution in [0.3, 0.4) is 0 Å². The number of sulfonamides is 1. The molecule has 0 aliphatic heterocycles. The molecule has 49 heteroatoms. The van der Waals surface area contributed by atoms with E-state index in [1.807, 2.05) is 114 Å². The zero-order chi connectivity index (χ0) is 101. The number of hydrogen-bond acceptors (Lipinski definition) is 37. The number of thioether (sulfide) groups is 3. The van der Waals surface area contributed by atoms with Crippen molar-refractivity contribution in [2.24, 2.45) is 4.52 Å². The molecule has 0 atom stereocenters. The van der Waals surface area contributed by atoms with Crippen LogP contribution >= 0.6 is 82.7 Å². The summed E-state index contributed by atoms with van der Waals surface area (Å²) >= 11 is 25.6. The normalized spacial score (nSPS) is 9.80. The summed E-state index contributed by atoms with van der Waals surface area (Å²) < 4.78 is 62.4. The number of aromatic hydroxyl groups is 1. The van der Waals surface area contributed by atoms with Crippen LogP contribution in [0.5, 0.6) is 5.75 Å². The Morgan fingerprint density at radius 2 is 0.853 bits per heavy atom. The number of Topliss-reactive ketones (excluding diaryl/α,β-unsaturated/α-hetero) is 2. The molecule has 0 unspecified atom stereocenters. The first kappa shape index (κ1) is 118. The van der Waals surface area contributed by atoms with Crippen molar-refractivity contribution < 1.29 is 119 Å². The Morgan fingerprint density at radius 3 is 1.24 bits per heavy atom. The van der Waals surface area contributed by atoms with Crippen molar-refractivity contribution in [2.45, 2.75) is 124 Å². The molecule has 722 valence electrons. The number of anilines is 1. The maximum absolute atomic E-state index is 11.8. The quantitative estimate of drug-likeness (QED) is 0.00288. The molecule has 1 amide bonds. The first-order chi connectivity index (χ1) is 65.1. The van der Waals surface area contributed by atoms with Crippen molar-refractivity contribution in [3.05, 3.63) is 281 Å². The zero-order valence-electron chi connectivity index (χ0n) is 74.3. The molecule has 0 saturated carbocycles. The van der Waals surface area contributed by atoms with E-state index in [4.69, 9.17) is 65.6 Å². The Hall–Kier alpha value is -14.0. The summed E-state index contributed by atoms with van der Waals surface area (Å²) in [4.78, 5) is 150. The average molecular weight is 2030 g/mol. The van der Waals surface area contributed by atoms with E-state index in [1.165, 1.54) is 85.0 Å². The van der Waals surface area contributed by atoms with E-state index < -0.39 is 98.8 Å². The summed E-state index contributed by atoms with van der Waals surface area (Å²) in [5.41, 5.74) is 20.5. The molecule has 5 aromatic carbocycles. The van der Waals surface area contributed by atoms with Crippen molar-refractivity contribution >= 4 is 175 Å². The van der Waals surface area contributed by atoms with Gasteiger partial charge in [-0.3, -0.25) is 33.6 Å². The summed E-state index contributed by atoms with van der Waals surface area (Å²) in [5, 5.41) is 55.7. The molecule has 0 bridgehead atoms. The van der Waals surface area contributed by atoms with Crippen LogP contribution in [0.1, 0.15) is 156 Å². The van der Waals surface area contributed by atoms with Gasteiger partial charge in [0.25, 0.3) is 21.4 Å². The van der Waals surface area contributed by atoms with Gasteiger partial charge in [-0.05, 0) is 132 Å². The fourth-order valence-electron chi connectivity index (χ4n) is 9.04. The largest absolute Gasteiger partial charge is 0.505 e. The number of carbonyl (C=O) groups is 12. The molecule has 0 aliphatic rings. The van der Waals surface area contributed by atoms with Gasteiger partial charge in [0, 0.05) is 65.8 Å². The average Bonchev–Trinajstić information content (AvgIpc) is 1.05. The number of hydrogen-bond donors (Lipinski definition) is 5. The fourth-order valence-corrected chi connectivity index (χ4v) is 13.4. The number of halogens is 3. The van der Waals surface area contributed by atoms with Gasteiger partial charge in [0.15, 0.2) is 44.6 Å². The summed E-state index contributed by atoms with van der Waals surface area (Å²) in [6.45, 7) is 16.3. The fraction of sp³-hybridized carbons (Fsp3) is 0.276. The molecule has 10 rings (SSSR count). The highest BCUT2D eigenvalue weighted by Crippen LogP contribution is 2.29. The predicted octanol–water partition coefficient (Wildman–Crippen LogP) is 14.6. The highest BCUT2D eigenvalue weighted by molar-refractivity contribution is 7.99. The first-order valence-corrected chi connectivity index (χ1v) is 46.1. The molecule has 136 heavy (non-hydrogen) atoms. The Balaban J connectivity index is 0.000000522. The Kier molecular flexibility index (Phi) is 59.9. The van der Waals surface area contributed by atoms with Crippen molar-refractivity contribution in [1.82, 2.24) is 51.0 Å². The molecule has 0 aliphatic carbocycles. The predicted molar refractivity (Wildman–Crippen MR) is 504 cm³/mol. The number of carboxylic acid groups (broad SMARTS) is 1. The van der Waals surface area contributed by atoms with E-state index in [0.717, 1.165) is 39.3 Å². The van der Waals surface area contributed by atoms with Gasteiger partial charge in [0.2, 0.25) is 11.6 Å². The minimum absolute atomic E-state index is 0.00781. The van der Waals surface area contributed by atoms with Crippen LogP contribution in [0, 0.1) is 0 Å². The first-order valence-electron chi connectivity index (χ1n) is 39.9. The molecular weight excluding hydrogens is 1940 g/mol. The number of H-pyrrole nitrogens is 1. The topological polar surface area (TPSA) is 599 Å². The molecule has 0 radical (unpaired) electrons. The third kappa shape index (κ3) is 49.2. The SMILES string of the molecule is CC(=O)Nc1ccc(S(=O)(=O)N=[N+]=[N-])cc1.CCOC(=O)CC(=O)C(=[N+]=[N-])C(=O)OCC.CCOC(=O)CC(=O)CC(=O)OCC.CCOC(=O)c1n[nH]c(=O)cc1O.CCOC(=O)c1nnc(Cl)cc1Cl.CCOC(=O)c1nnc(Cl)cc1SCc1ccccc1.CCOC(=O)c1nnccc1SCc1ccccc1.O=C(O)c1nnccc1SCc1ccccc1.SCc1ccccc1. The molecule has 0 spiro atoms. The number of nitrogens with one attached hydrogen (secondary N) is 2. The molecule has 10 aromatic rings. The third-order valence-electron chi connectivity index (χ3n) is 14.8. The minimum atomic E-state index is -3.96.